The molecule has 0 saturated carbocycles. The number of hydrogen-bond acceptors (Lipinski definition) is 3. The third-order valence-electron chi connectivity index (χ3n) is 2.92. The molecule has 1 aromatic rings. The molecule has 96 valence electrons. The first-order valence-corrected chi connectivity index (χ1v) is 6.13. The van der Waals surface area contributed by atoms with E-state index < -0.39 is 0 Å². The molecule has 1 aromatic carbocycles. The number of hydrogen-bond donors (Lipinski definition) is 1. The maximum Gasteiger partial charge on any atom is 0.169 e. The molecule has 0 heterocycles. The van der Waals surface area contributed by atoms with Crippen LogP contribution >= 0.6 is 0 Å². The summed E-state index contributed by atoms with van der Waals surface area (Å²) in [5.74, 6) is 0. The first-order valence-electron chi connectivity index (χ1n) is 6.13. The molecule has 0 aliphatic carbocycles. The minimum absolute atomic E-state index is 0.167. The van der Waals surface area contributed by atoms with Crippen LogP contribution < -0.4 is 5.32 Å². The lowest BCUT2D eigenvalue weighted by molar-refractivity contribution is -0.0999. The summed E-state index contributed by atoms with van der Waals surface area (Å²) >= 11 is 0. The van der Waals surface area contributed by atoms with Crippen LogP contribution in [0.5, 0.6) is 0 Å². The predicted molar refractivity (Wildman–Crippen MR) is 70.0 cm³/mol. The number of methoxy groups -OCH3 is 2. The van der Waals surface area contributed by atoms with Crippen molar-refractivity contribution in [2.24, 2.45) is 0 Å². The van der Waals surface area contributed by atoms with Gasteiger partial charge in [-0.25, -0.2) is 0 Å². The fraction of sp³-hybridized carbons (Fsp3) is 0.571. The Bertz CT molecular complexity index is 286. The van der Waals surface area contributed by atoms with Crippen LogP contribution in [0.2, 0.25) is 0 Å². The van der Waals surface area contributed by atoms with Crippen molar-refractivity contribution in [1.82, 2.24) is 5.32 Å². The highest BCUT2D eigenvalue weighted by molar-refractivity contribution is 5.15. The number of rotatable bonds is 8. The van der Waals surface area contributed by atoms with Crippen molar-refractivity contribution in [1.29, 1.82) is 0 Å². The van der Waals surface area contributed by atoms with E-state index in [-0.39, 0.29) is 6.29 Å². The molecule has 1 N–H and O–H groups in total. The van der Waals surface area contributed by atoms with Crippen molar-refractivity contribution < 1.29 is 9.47 Å². The molecule has 0 amide bonds. The fourth-order valence-corrected chi connectivity index (χ4v) is 1.79. The Morgan fingerprint density at radius 1 is 1.12 bits per heavy atom. The third-order valence-corrected chi connectivity index (χ3v) is 2.92. The molecule has 3 heteroatoms. The van der Waals surface area contributed by atoms with Crippen molar-refractivity contribution in [3.05, 3.63) is 35.9 Å². The van der Waals surface area contributed by atoms with E-state index in [9.17, 15) is 0 Å². The molecule has 1 atom stereocenters. The van der Waals surface area contributed by atoms with E-state index in [0.717, 1.165) is 19.4 Å². The van der Waals surface area contributed by atoms with Crippen molar-refractivity contribution >= 4 is 0 Å². The monoisotopic (exact) mass is 237 g/mol. The third kappa shape index (κ3) is 5.31. The van der Waals surface area contributed by atoms with Crippen LogP contribution in [0.15, 0.2) is 30.3 Å². The van der Waals surface area contributed by atoms with Crippen molar-refractivity contribution in [2.45, 2.75) is 32.1 Å². The Morgan fingerprint density at radius 2 is 1.76 bits per heavy atom. The topological polar surface area (TPSA) is 30.5 Å². The molecule has 0 fully saturated rings. The minimum Gasteiger partial charge on any atom is -0.355 e. The second-order valence-corrected chi connectivity index (χ2v) is 4.10. The van der Waals surface area contributed by atoms with Gasteiger partial charge in [0.05, 0.1) is 0 Å². The van der Waals surface area contributed by atoms with Crippen molar-refractivity contribution in [2.75, 3.05) is 20.8 Å². The molecule has 0 aromatic heterocycles. The van der Waals surface area contributed by atoms with Gasteiger partial charge < -0.3 is 14.8 Å². The zero-order valence-corrected chi connectivity index (χ0v) is 11.0. The summed E-state index contributed by atoms with van der Waals surface area (Å²) in [7, 11) is 3.32. The van der Waals surface area contributed by atoms with Gasteiger partial charge in [-0.1, -0.05) is 37.3 Å². The first kappa shape index (κ1) is 14.2. The van der Waals surface area contributed by atoms with Crippen LogP contribution in [0.1, 0.15) is 18.9 Å². The molecular weight excluding hydrogens is 214 g/mol. The van der Waals surface area contributed by atoms with Gasteiger partial charge in [-0.05, 0) is 18.4 Å². The smallest absolute Gasteiger partial charge is 0.169 e. The van der Waals surface area contributed by atoms with Crippen LogP contribution in [0.4, 0.5) is 0 Å². The lowest BCUT2D eigenvalue weighted by atomic mass is 10.0. The molecular formula is C14H23NO2. The minimum atomic E-state index is -0.167. The summed E-state index contributed by atoms with van der Waals surface area (Å²) in [5.41, 5.74) is 1.36. The predicted octanol–water partition coefficient (Wildman–Crippen LogP) is 2.22. The largest absolute Gasteiger partial charge is 0.355 e. The zero-order valence-electron chi connectivity index (χ0n) is 11.0. The summed E-state index contributed by atoms with van der Waals surface area (Å²) in [6.07, 6.45) is 1.96. The number of benzene rings is 1. The maximum atomic E-state index is 5.16. The van der Waals surface area contributed by atoms with Crippen molar-refractivity contribution in [3.8, 4) is 0 Å². The van der Waals surface area contributed by atoms with E-state index in [2.05, 4.69) is 36.5 Å². The Morgan fingerprint density at radius 3 is 2.29 bits per heavy atom. The van der Waals surface area contributed by atoms with E-state index in [1.54, 1.807) is 14.2 Å². The zero-order chi connectivity index (χ0) is 12.5. The van der Waals surface area contributed by atoms with Crippen LogP contribution in [0, 0.1) is 0 Å². The molecule has 0 saturated heterocycles. The van der Waals surface area contributed by atoms with E-state index in [0.29, 0.717) is 6.04 Å². The normalized spacial score (nSPS) is 12.9. The molecule has 0 bridgehead atoms. The average Bonchev–Trinajstić information content (AvgIpc) is 2.39. The van der Waals surface area contributed by atoms with Crippen LogP contribution in [-0.4, -0.2) is 33.1 Å². The lowest BCUT2D eigenvalue weighted by Gasteiger charge is -2.20. The highest BCUT2D eigenvalue weighted by Crippen LogP contribution is 2.05. The van der Waals surface area contributed by atoms with E-state index >= 15 is 0 Å². The molecule has 0 radical (unpaired) electrons. The lowest BCUT2D eigenvalue weighted by Crippen LogP contribution is -2.38. The second kappa shape index (κ2) is 8.23. The maximum absolute atomic E-state index is 5.16. The summed E-state index contributed by atoms with van der Waals surface area (Å²) < 4.78 is 10.3. The molecule has 1 unspecified atom stereocenters. The van der Waals surface area contributed by atoms with E-state index in [1.807, 2.05) is 6.07 Å². The molecule has 0 aliphatic rings. The van der Waals surface area contributed by atoms with Crippen LogP contribution in [0.25, 0.3) is 0 Å². The second-order valence-electron chi connectivity index (χ2n) is 4.10. The number of nitrogens with one attached hydrogen (secondary N) is 1. The van der Waals surface area contributed by atoms with Gasteiger partial charge in [-0.15, -0.1) is 0 Å². The SMILES string of the molecule is CCC(Cc1ccccc1)NCC(OC)OC. The summed E-state index contributed by atoms with van der Waals surface area (Å²) in [6, 6.07) is 11.0. The van der Waals surface area contributed by atoms with Gasteiger partial charge in [0.25, 0.3) is 0 Å². The molecule has 17 heavy (non-hydrogen) atoms. The first-order chi connectivity index (χ1) is 8.30. The quantitative estimate of drug-likeness (QED) is 0.703. The Balaban J connectivity index is 2.38. The summed E-state index contributed by atoms with van der Waals surface area (Å²) in [5, 5.41) is 3.47. The van der Waals surface area contributed by atoms with E-state index in [1.165, 1.54) is 5.56 Å². The molecule has 0 spiro atoms. The van der Waals surface area contributed by atoms with Crippen LogP contribution in [-0.2, 0) is 15.9 Å². The van der Waals surface area contributed by atoms with Gasteiger partial charge >= 0.3 is 0 Å². The van der Waals surface area contributed by atoms with Crippen molar-refractivity contribution in [3.63, 3.8) is 0 Å². The Kier molecular flexibility index (Phi) is 6.86. The van der Waals surface area contributed by atoms with Gasteiger partial charge in [-0.2, -0.15) is 0 Å². The number of ether oxygens (including phenoxy) is 2. The standard InChI is InChI=1S/C14H23NO2/c1-4-13(15-11-14(16-2)17-3)10-12-8-6-5-7-9-12/h5-9,13-15H,4,10-11H2,1-3H3. The molecule has 3 nitrogen and oxygen atoms in total. The van der Waals surface area contributed by atoms with Gasteiger partial charge in [0.2, 0.25) is 0 Å². The molecule has 0 aliphatic heterocycles. The highest BCUT2D eigenvalue weighted by Gasteiger charge is 2.10. The van der Waals surface area contributed by atoms with Gasteiger partial charge in [0, 0.05) is 26.8 Å². The average molecular weight is 237 g/mol. The Labute approximate surface area is 104 Å². The fourth-order valence-electron chi connectivity index (χ4n) is 1.79. The van der Waals surface area contributed by atoms with Gasteiger partial charge in [-0.3, -0.25) is 0 Å². The van der Waals surface area contributed by atoms with Gasteiger partial charge in [0.15, 0.2) is 6.29 Å². The summed E-state index contributed by atoms with van der Waals surface area (Å²) in [4.78, 5) is 0. The van der Waals surface area contributed by atoms with E-state index in [4.69, 9.17) is 9.47 Å². The van der Waals surface area contributed by atoms with Gasteiger partial charge in [0.1, 0.15) is 0 Å². The molecule has 1 rings (SSSR count). The summed E-state index contributed by atoms with van der Waals surface area (Å²) in [6.45, 7) is 2.91. The highest BCUT2D eigenvalue weighted by atomic mass is 16.7. The van der Waals surface area contributed by atoms with Crippen LogP contribution in [0.3, 0.4) is 0 Å². The Hall–Kier alpha value is -0.900.